The van der Waals surface area contributed by atoms with Crippen molar-refractivity contribution in [1.82, 2.24) is 10.6 Å². The molecule has 2 aliphatic rings. The van der Waals surface area contributed by atoms with Gasteiger partial charge in [-0.05, 0) is 55.7 Å². The summed E-state index contributed by atoms with van der Waals surface area (Å²) in [6.45, 7) is 8.81. The van der Waals surface area contributed by atoms with Crippen molar-refractivity contribution in [3.05, 3.63) is 29.3 Å². The average molecular weight is 390 g/mol. The topological polar surface area (TPSA) is 64.1 Å². The number of hydrogen-bond donors (Lipinski definition) is 2. The number of fused-ring (bicyclic) bond motifs is 1. The number of benzene rings is 1. The van der Waals surface area contributed by atoms with E-state index in [-0.39, 0.29) is 0 Å². The van der Waals surface area contributed by atoms with Gasteiger partial charge >= 0.3 is 0 Å². The number of aliphatic imine (C=N–C) groups is 1. The molecule has 2 N–H and O–H groups in total. The Morgan fingerprint density at radius 1 is 1.21 bits per heavy atom. The molecule has 28 heavy (non-hydrogen) atoms. The summed E-state index contributed by atoms with van der Waals surface area (Å²) in [5.41, 5.74) is 2.67. The molecular formula is C22H35N3O3. The summed E-state index contributed by atoms with van der Waals surface area (Å²) in [5, 5.41) is 6.75. The molecule has 2 aliphatic heterocycles. The van der Waals surface area contributed by atoms with E-state index >= 15 is 0 Å². The second-order valence-electron chi connectivity index (χ2n) is 7.46. The summed E-state index contributed by atoms with van der Waals surface area (Å²) in [7, 11) is 0. The van der Waals surface area contributed by atoms with Gasteiger partial charge in [0.1, 0.15) is 5.75 Å². The normalized spacial score (nSPS) is 17.2. The summed E-state index contributed by atoms with van der Waals surface area (Å²) >= 11 is 0. The number of nitrogens with one attached hydrogen (secondary N) is 2. The first-order chi connectivity index (χ1) is 13.8. The largest absolute Gasteiger partial charge is 0.493 e. The molecule has 0 spiro atoms. The molecule has 1 aromatic rings. The highest BCUT2D eigenvalue weighted by molar-refractivity contribution is 5.79. The van der Waals surface area contributed by atoms with Crippen molar-refractivity contribution in [2.24, 2.45) is 10.9 Å². The van der Waals surface area contributed by atoms with Crippen LogP contribution in [0, 0.1) is 5.92 Å². The molecule has 0 amide bonds. The standard InChI is InChI=1S/C22H35N3O3/c1-2-23-22(24-10-3-12-27-17-19-7-13-26-14-8-19)25-11-6-18-4-5-21-20(16-18)9-15-28-21/h4-5,16,19H,2-3,6-15,17H2,1H3,(H2,23,24,25). The maximum Gasteiger partial charge on any atom is 0.191 e. The molecule has 1 aromatic carbocycles. The number of hydrogen-bond acceptors (Lipinski definition) is 4. The van der Waals surface area contributed by atoms with Crippen molar-refractivity contribution < 1.29 is 14.2 Å². The van der Waals surface area contributed by atoms with Gasteiger partial charge in [-0.2, -0.15) is 0 Å². The third kappa shape index (κ3) is 6.99. The van der Waals surface area contributed by atoms with Crippen LogP contribution in [0.3, 0.4) is 0 Å². The van der Waals surface area contributed by atoms with Crippen LogP contribution in [0.5, 0.6) is 5.75 Å². The van der Waals surface area contributed by atoms with Crippen LogP contribution in [0.2, 0.25) is 0 Å². The number of ether oxygens (including phenoxy) is 3. The molecule has 0 unspecified atom stereocenters. The fourth-order valence-electron chi connectivity index (χ4n) is 3.58. The lowest BCUT2D eigenvalue weighted by molar-refractivity contribution is 0.0205. The highest BCUT2D eigenvalue weighted by Gasteiger charge is 2.13. The van der Waals surface area contributed by atoms with E-state index in [1.807, 2.05) is 0 Å². The van der Waals surface area contributed by atoms with Crippen LogP contribution in [0.25, 0.3) is 0 Å². The van der Waals surface area contributed by atoms with Crippen molar-refractivity contribution in [3.63, 3.8) is 0 Å². The Morgan fingerprint density at radius 3 is 2.96 bits per heavy atom. The van der Waals surface area contributed by atoms with Crippen LogP contribution in [0.15, 0.2) is 23.2 Å². The SMILES string of the molecule is CCNC(=NCCCOCC1CCOCC1)NCCc1ccc2c(c1)CCO2. The smallest absolute Gasteiger partial charge is 0.191 e. The van der Waals surface area contributed by atoms with Gasteiger partial charge in [-0.1, -0.05) is 12.1 Å². The molecule has 2 heterocycles. The van der Waals surface area contributed by atoms with Crippen LogP contribution in [-0.2, 0) is 22.3 Å². The molecule has 0 radical (unpaired) electrons. The van der Waals surface area contributed by atoms with Crippen LogP contribution in [0.4, 0.5) is 0 Å². The van der Waals surface area contributed by atoms with Crippen molar-refractivity contribution in [3.8, 4) is 5.75 Å². The van der Waals surface area contributed by atoms with E-state index in [2.05, 4.69) is 40.7 Å². The van der Waals surface area contributed by atoms with E-state index in [1.54, 1.807) is 0 Å². The quantitative estimate of drug-likeness (QED) is 0.366. The number of nitrogens with zero attached hydrogens (tertiary/aromatic N) is 1. The Bertz CT molecular complexity index is 615. The second-order valence-corrected chi connectivity index (χ2v) is 7.46. The highest BCUT2D eigenvalue weighted by atomic mass is 16.5. The third-order valence-electron chi connectivity index (χ3n) is 5.22. The Kier molecular flexibility index (Phi) is 8.91. The Labute approximate surface area is 169 Å². The van der Waals surface area contributed by atoms with Gasteiger partial charge in [0.05, 0.1) is 6.61 Å². The molecule has 3 rings (SSSR count). The molecule has 156 valence electrons. The molecule has 0 atom stereocenters. The Morgan fingerprint density at radius 2 is 2.11 bits per heavy atom. The third-order valence-corrected chi connectivity index (χ3v) is 5.22. The molecular weight excluding hydrogens is 354 g/mol. The van der Waals surface area contributed by atoms with Crippen molar-refractivity contribution in [2.45, 2.75) is 39.0 Å². The predicted molar refractivity (Wildman–Crippen MR) is 112 cm³/mol. The fraction of sp³-hybridized carbons (Fsp3) is 0.682. The molecule has 1 fully saturated rings. The molecule has 0 aliphatic carbocycles. The van der Waals surface area contributed by atoms with Gasteiger partial charge in [0.2, 0.25) is 0 Å². The van der Waals surface area contributed by atoms with E-state index in [1.165, 1.54) is 11.1 Å². The fourth-order valence-corrected chi connectivity index (χ4v) is 3.58. The number of guanidine groups is 1. The Balaban J connectivity index is 1.31. The van der Waals surface area contributed by atoms with Crippen molar-refractivity contribution in [2.75, 3.05) is 52.7 Å². The summed E-state index contributed by atoms with van der Waals surface area (Å²) in [5.74, 6) is 2.60. The summed E-state index contributed by atoms with van der Waals surface area (Å²) < 4.78 is 16.8. The van der Waals surface area contributed by atoms with Crippen LogP contribution < -0.4 is 15.4 Å². The zero-order valence-electron chi connectivity index (χ0n) is 17.2. The van der Waals surface area contributed by atoms with E-state index in [0.717, 1.165) is 96.5 Å². The molecule has 6 heteroatoms. The van der Waals surface area contributed by atoms with Crippen LogP contribution >= 0.6 is 0 Å². The monoisotopic (exact) mass is 389 g/mol. The van der Waals surface area contributed by atoms with Crippen molar-refractivity contribution in [1.29, 1.82) is 0 Å². The van der Waals surface area contributed by atoms with Crippen molar-refractivity contribution >= 4 is 5.96 Å². The lowest BCUT2D eigenvalue weighted by Gasteiger charge is -2.21. The Hall–Kier alpha value is -1.79. The van der Waals surface area contributed by atoms with Gasteiger partial charge in [0.25, 0.3) is 0 Å². The summed E-state index contributed by atoms with van der Waals surface area (Å²) in [6.07, 6.45) is 5.21. The zero-order chi connectivity index (χ0) is 19.4. The maximum absolute atomic E-state index is 5.81. The van der Waals surface area contributed by atoms with Gasteiger partial charge in [-0.15, -0.1) is 0 Å². The summed E-state index contributed by atoms with van der Waals surface area (Å²) in [6, 6.07) is 6.52. The molecule has 0 bridgehead atoms. The average Bonchev–Trinajstić information content (AvgIpc) is 3.19. The van der Waals surface area contributed by atoms with E-state index < -0.39 is 0 Å². The first-order valence-electron chi connectivity index (χ1n) is 10.8. The van der Waals surface area contributed by atoms with Gasteiger partial charge in [-0.25, -0.2) is 0 Å². The first kappa shape index (κ1) is 20.9. The first-order valence-corrected chi connectivity index (χ1v) is 10.8. The highest BCUT2D eigenvalue weighted by Crippen LogP contribution is 2.25. The van der Waals surface area contributed by atoms with E-state index in [0.29, 0.717) is 5.92 Å². The van der Waals surface area contributed by atoms with Crippen LogP contribution in [-0.4, -0.2) is 58.6 Å². The minimum absolute atomic E-state index is 0.669. The molecule has 1 saturated heterocycles. The number of rotatable bonds is 10. The van der Waals surface area contributed by atoms with Crippen LogP contribution in [0.1, 0.15) is 37.3 Å². The second kappa shape index (κ2) is 11.9. The predicted octanol–water partition coefficient (Wildman–Crippen LogP) is 2.55. The molecule has 0 aromatic heterocycles. The molecule has 0 saturated carbocycles. The molecule has 6 nitrogen and oxygen atoms in total. The lowest BCUT2D eigenvalue weighted by atomic mass is 10.0. The summed E-state index contributed by atoms with van der Waals surface area (Å²) in [4.78, 5) is 4.66. The minimum Gasteiger partial charge on any atom is -0.493 e. The lowest BCUT2D eigenvalue weighted by Crippen LogP contribution is -2.38. The van der Waals surface area contributed by atoms with Gasteiger partial charge in [0.15, 0.2) is 5.96 Å². The minimum atomic E-state index is 0.669. The van der Waals surface area contributed by atoms with E-state index in [9.17, 15) is 0 Å². The van der Waals surface area contributed by atoms with Gasteiger partial charge in [-0.3, -0.25) is 4.99 Å². The zero-order valence-corrected chi connectivity index (χ0v) is 17.2. The van der Waals surface area contributed by atoms with E-state index in [4.69, 9.17) is 14.2 Å². The van der Waals surface area contributed by atoms with Gasteiger partial charge < -0.3 is 24.8 Å². The van der Waals surface area contributed by atoms with Gasteiger partial charge in [0, 0.05) is 52.5 Å². The maximum atomic E-state index is 5.81.